The smallest absolute Gasteiger partial charge is 0.340 e. The molecule has 0 amide bonds. The third-order valence-electron chi connectivity index (χ3n) is 4.71. The zero-order chi connectivity index (χ0) is 22.9. The first-order chi connectivity index (χ1) is 14.6. The maximum absolute atomic E-state index is 13.1. The first-order valence-corrected chi connectivity index (χ1v) is 11.0. The fourth-order valence-electron chi connectivity index (χ4n) is 3.22. The number of sulfone groups is 1. The summed E-state index contributed by atoms with van der Waals surface area (Å²) in [7, 11) is 1.01. The molecule has 9 nitrogen and oxygen atoms in total. The first-order valence-electron chi connectivity index (χ1n) is 9.08. The van der Waals surface area contributed by atoms with Gasteiger partial charge in [-0.2, -0.15) is 0 Å². The van der Waals surface area contributed by atoms with Crippen LogP contribution >= 0.6 is 0 Å². The second kappa shape index (κ2) is 8.31. The van der Waals surface area contributed by atoms with Crippen LogP contribution < -0.4 is 19.9 Å². The predicted octanol–water partition coefficient (Wildman–Crippen LogP) is 2.40. The number of rotatable bonds is 6. The average Bonchev–Trinajstić information content (AvgIpc) is 3.09. The van der Waals surface area contributed by atoms with Gasteiger partial charge in [-0.15, -0.1) is 0 Å². The number of carbonyl (C=O) groups is 1. The van der Waals surface area contributed by atoms with Gasteiger partial charge in [0.15, 0.2) is 21.3 Å². The van der Waals surface area contributed by atoms with Gasteiger partial charge >= 0.3 is 5.69 Å². The molecule has 0 N–H and O–H groups in total. The SMILES string of the molecule is COc1cc(-n2cc(-c3ccc(S(C)(=O)=O)cc3)n(C(C)=O)c2=O)cc(OC)c1OC. The van der Waals surface area contributed by atoms with E-state index in [4.69, 9.17) is 14.2 Å². The van der Waals surface area contributed by atoms with Crippen LogP contribution in [0.4, 0.5) is 0 Å². The summed E-state index contributed by atoms with van der Waals surface area (Å²) in [4.78, 5) is 25.5. The normalized spacial score (nSPS) is 11.3. The lowest BCUT2D eigenvalue weighted by Gasteiger charge is -2.14. The summed E-state index contributed by atoms with van der Waals surface area (Å²) in [6, 6.07) is 9.12. The molecule has 0 spiro atoms. The number of carbonyl (C=O) groups excluding carboxylic acids is 1. The molecular formula is C21H22N2O7S. The van der Waals surface area contributed by atoms with Crippen molar-refractivity contribution in [1.29, 1.82) is 0 Å². The molecule has 0 fully saturated rings. The Balaban J connectivity index is 2.24. The second-order valence-electron chi connectivity index (χ2n) is 6.70. The minimum absolute atomic E-state index is 0.136. The van der Waals surface area contributed by atoms with Crippen molar-refractivity contribution in [2.24, 2.45) is 0 Å². The van der Waals surface area contributed by atoms with Crippen LogP contribution in [0.15, 0.2) is 52.3 Å². The van der Waals surface area contributed by atoms with Crippen LogP contribution in [0.5, 0.6) is 17.2 Å². The Labute approximate surface area is 179 Å². The van der Waals surface area contributed by atoms with Gasteiger partial charge < -0.3 is 14.2 Å². The number of benzene rings is 2. The molecule has 1 aromatic heterocycles. The van der Waals surface area contributed by atoms with E-state index < -0.39 is 21.4 Å². The Morgan fingerprint density at radius 2 is 1.48 bits per heavy atom. The highest BCUT2D eigenvalue weighted by Crippen LogP contribution is 2.39. The summed E-state index contributed by atoms with van der Waals surface area (Å²) >= 11 is 0. The standard InChI is InChI=1S/C21H22N2O7S/c1-13(24)23-17(14-6-8-16(9-7-14)31(5,26)27)12-22(21(23)25)15-10-18(28-2)20(30-4)19(11-15)29-3/h6-12H,1-5H3. The van der Waals surface area contributed by atoms with Crippen molar-refractivity contribution >= 4 is 15.7 Å². The molecule has 0 unspecified atom stereocenters. The molecule has 164 valence electrons. The lowest BCUT2D eigenvalue weighted by molar-refractivity contribution is 0.0934. The van der Waals surface area contributed by atoms with Gasteiger partial charge in [-0.3, -0.25) is 9.36 Å². The highest BCUT2D eigenvalue weighted by atomic mass is 32.2. The molecule has 0 saturated carbocycles. The number of aromatic nitrogens is 2. The number of nitrogens with zero attached hydrogens (tertiary/aromatic N) is 2. The summed E-state index contributed by atoms with van der Waals surface area (Å²) < 4.78 is 41.7. The van der Waals surface area contributed by atoms with Crippen molar-refractivity contribution in [3.8, 4) is 34.2 Å². The van der Waals surface area contributed by atoms with Crippen LogP contribution in [-0.2, 0) is 9.84 Å². The van der Waals surface area contributed by atoms with Crippen molar-refractivity contribution in [3.05, 3.63) is 53.1 Å². The highest BCUT2D eigenvalue weighted by Gasteiger charge is 2.21. The van der Waals surface area contributed by atoms with E-state index in [0.29, 0.717) is 34.2 Å². The van der Waals surface area contributed by atoms with Gasteiger partial charge in [-0.25, -0.2) is 17.8 Å². The largest absolute Gasteiger partial charge is 0.493 e. The number of hydrogen-bond donors (Lipinski definition) is 0. The minimum Gasteiger partial charge on any atom is -0.493 e. The van der Waals surface area contributed by atoms with Crippen LogP contribution in [0.1, 0.15) is 11.7 Å². The third-order valence-corrected chi connectivity index (χ3v) is 5.84. The van der Waals surface area contributed by atoms with Crippen LogP contribution in [0.2, 0.25) is 0 Å². The van der Waals surface area contributed by atoms with Crippen molar-refractivity contribution in [1.82, 2.24) is 9.13 Å². The molecule has 31 heavy (non-hydrogen) atoms. The monoisotopic (exact) mass is 446 g/mol. The summed E-state index contributed by atoms with van der Waals surface area (Å²) in [5, 5.41) is 0. The van der Waals surface area contributed by atoms with E-state index in [0.717, 1.165) is 10.8 Å². The summed E-state index contributed by atoms with van der Waals surface area (Å²) in [6.45, 7) is 1.27. The molecule has 0 saturated heterocycles. The van der Waals surface area contributed by atoms with Crippen molar-refractivity contribution in [2.45, 2.75) is 11.8 Å². The van der Waals surface area contributed by atoms with Crippen molar-refractivity contribution in [3.63, 3.8) is 0 Å². The molecular weight excluding hydrogens is 424 g/mol. The van der Waals surface area contributed by atoms with Gasteiger partial charge in [-0.05, 0) is 12.1 Å². The van der Waals surface area contributed by atoms with E-state index in [1.54, 1.807) is 24.3 Å². The van der Waals surface area contributed by atoms with Crippen molar-refractivity contribution < 1.29 is 27.4 Å². The van der Waals surface area contributed by atoms with Crippen LogP contribution in [0.3, 0.4) is 0 Å². The van der Waals surface area contributed by atoms with Gasteiger partial charge in [0.2, 0.25) is 11.7 Å². The van der Waals surface area contributed by atoms with E-state index in [1.165, 1.54) is 51.1 Å². The second-order valence-corrected chi connectivity index (χ2v) is 8.72. The molecule has 0 aliphatic rings. The Bertz CT molecular complexity index is 1280. The summed E-state index contributed by atoms with van der Waals surface area (Å²) in [5.74, 6) is 0.569. The first kappa shape index (κ1) is 22.2. The van der Waals surface area contributed by atoms with E-state index >= 15 is 0 Å². The molecule has 10 heteroatoms. The summed E-state index contributed by atoms with van der Waals surface area (Å²) in [6.07, 6.45) is 2.61. The molecule has 0 atom stereocenters. The van der Waals surface area contributed by atoms with E-state index in [1.807, 2.05) is 0 Å². The fraction of sp³-hybridized carbons (Fsp3) is 0.238. The topological polar surface area (TPSA) is 106 Å². The zero-order valence-corrected chi connectivity index (χ0v) is 18.5. The number of hydrogen-bond acceptors (Lipinski definition) is 7. The third kappa shape index (κ3) is 4.06. The Hall–Kier alpha value is -3.53. The van der Waals surface area contributed by atoms with Gasteiger partial charge in [-0.1, -0.05) is 12.1 Å². The van der Waals surface area contributed by atoms with E-state index in [2.05, 4.69) is 0 Å². The van der Waals surface area contributed by atoms with Crippen molar-refractivity contribution in [2.75, 3.05) is 27.6 Å². The van der Waals surface area contributed by atoms with E-state index in [9.17, 15) is 18.0 Å². The molecule has 3 aromatic rings. The van der Waals surface area contributed by atoms with Crippen LogP contribution in [-0.4, -0.2) is 51.0 Å². The molecule has 1 heterocycles. The molecule has 0 bridgehead atoms. The zero-order valence-electron chi connectivity index (χ0n) is 17.7. The average molecular weight is 446 g/mol. The lowest BCUT2D eigenvalue weighted by Crippen LogP contribution is -2.27. The molecule has 0 aliphatic carbocycles. The van der Waals surface area contributed by atoms with Gasteiger partial charge in [0.25, 0.3) is 0 Å². The van der Waals surface area contributed by atoms with Gasteiger partial charge in [0, 0.05) is 37.1 Å². The maximum Gasteiger partial charge on any atom is 0.340 e. The van der Waals surface area contributed by atoms with Gasteiger partial charge in [0.1, 0.15) is 0 Å². The van der Waals surface area contributed by atoms with Crippen LogP contribution in [0, 0.1) is 0 Å². The van der Waals surface area contributed by atoms with E-state index in [-0.39, 0.29) is 4.90 Å². The quantitative estimate of drug-likeness (QED) is 0.572. The van der Waals surface area contributed by atoms with Gasteiger partial charge in [0.05, 0.1) is 37.6 Å². The molecule has 2 aromatic carbocycles. The number of imidazole rings is 1. The summed E-state index contributed by atoms with van der Waals surface area (Å²) in [5.41, 5.74) is 0.620. The maximum atomic E-state index is 13.1. The fourth-order valence-corrected chi connectivity index (χ4v) is 3.85. The number of methoxy groups -OCH3 is 3. The number of ether oxygens (including phenoxy) is 3. The highest BCUT2D eigenvalue weighted by molar-refractivity contribution is 7.90. The predicted molar refractivity (Wildman–Crippen MR) is 115 cm³/mol. The lowest BCUT2D eigenvalue weighted by atomic mass is 10.1. The molecule has 0 aliphatic heterocycles. The molecule has 3 rings (SSSR count). The van der Waals surface area contributed by atoms with Crippen LogP contribution in [0.25, 0.3) is 16.9 Å². The molecule has 0 radical (unpaired) electrons. The Morgan fingerprint density at radius 3 is 1.90 bits per heavy atom. The minimum atomic E-state index is -3.38. The Morgan fingerprint density at radius 1 is 0.935 bits per heavy atom. The Kier molecular flexibility index (Phi) is 5.94.